The van der Waals surface area contributed by atoms with Crippen LogP contribution in [-0.4, -0.2) is 25.6 Å². The zero-order chi connectivity index (χ0) is 22.0. The molecule has 4 aromatic rings. The summed E-state index contributed by atoms with van der Waals surface area (Å²) < 4.78 is 20.1. The molecule has 2 heterocycles. The van der Waals surface area contributed by atoms with Gasteiger partial charge in [0.25, 0.3) is 5.89 Å². The van der Waals surface area contributed by atoms with E-state index in [2.05, 4.69) is 20.4 Å². The lowest BCUT2D eigenvalue weighted by atomic mass is 10.1. The first-order chi connectivity index (χ1) is 14.9. The van der Waals surface area contributed by atoms with E-state index in [9.17, 15) is 9.18 Å². The number of carbonyl (C=O) groups excluding carboxylic acids is 1. The minimum absolute atomic E-state index is 0.105. The third-order valence-electron chi connectivity index (χ3n) is 4.99. The van der Waals surface area contributed by atoms with Gasteiger partial charge in [-0.05, 0) is 50.6 Å². The highest BCUT2D eigenvalue weighted by Gasteiger charge is 2.17. The number of amides is 1. The lowest BCUT2D eigenvalue weighted by molar-refractivity contribution is -0.122. The fourth-order valence-corrected chi connectivity index (χ4v) is 3.19. The molecule has 0 aliphatic rings. The largest absolute Gasteiger partial charge is 0.348 e. The summed E-state index contributed by atoms with van der Waals surface area (Å²) >= 11 is 0. The summed E-state index contributed by atoms with van der Waals surface area (Å²) in [6.45, 7) is 5.91. The summed E-state index contributed by atoms with van der Waals surface area (Å²) in [7, 11) is 0. The molecule has 7 nitrogen and oxygen atoms in total. The monoisotopic (exact) mass is 419 g/mol. The second-order valence-corrected chi connectivity index (χ2v) is 7.43. The van der Waals surface area contributed by atoms with Crippen molar-refractivity contribution < 1.29 is 13.7 Å². The Morgan fingerprint density at radius 1 is 1.10 bits per heavy atom. The van der Waals surface area contributed by atoms with Crippen LogP contribution in [0.2, 0.25) is 0 Å². The molecular formula is C23H22FN5O2. The molecule has 4 rings (SSSR count). The molecule has 0 radical (unpaired) electrons. The number of nitrogens with zero attached hydrogens (tertiary/aromatic N) is 4. The summed E-state index contributed by atoms with van der Waals surface area (Å²) in [6, 6.07) is 13.7. The Kier molecular flexibility index (Phi) is 5.62. The van der Waals surface area contributed by atoms with E-state index in [1.54, 1.807) is 29.8 Å². The van der Waals surface area contributed by atoms with Crippen molar-refractivity contribution >= 4 is 5.91 Å². The van der Waals surface area contributed by atoms with Crippen LogP contribution in [-0.2, 0) is 11.3 Å². The van der Waals surface area contributed by atoms with Gasteiger partial charge in [0.05, 0.1) is 6.04 Å². The highest BCUT2D eigenvalue weighted by Crippen LogP contribution is 2.22. The molecule has 158 valence electrons. The van der Waals surface area contributed by atoms with Crippen LogP contribution in [0.4, 0.5) is 4.39 Å². The molecular weight excluding hydrogens is 397 g/mol. The van der Waals surface area contributed by atoms with Gasteiger partial charge in [-0.2, -0.15) is 4.98 Å². The van der Waals surface area contributed by atoms with Crippen LogP contribution in [0.3, 0.4) is 0 Å². The Balaban J connectivity index is 1.44. The zero-order valence-electron chi connectivity index (χ0n) is 17.5. The molecule has 0 aliphatic carbocycles. The van der Waals surface area contributed by atoms with E-state index in [0.717, 1.165) is 5.56 Å². The van der Waals surface area contributed by atoms with Crippen LogP contribution in [0.1, 0.15) is 29.9 Å². The number of aryl methyl sites for hydroxylation is 2. The van der Waals surface area contributed by atoms with Crippen LogP contribution in [0.5, 0.6) is 0 Å². The highest BCUT2D eigenvalue weighted by atomic mass is 19.1. The smallest absolute Gasteiger partial charge is 0.258 e. The van der Waals surface area contributed by atoms with E-state index in [0.29, 0.717) is 22.9 Å². The lowest BCUT2D eigenvalue weighted by Gasteiger charge is -2.15. The van der Waals surface area contributed by atoms with Crippen molar-refractivity contribution in [3.8, 4) is 23.0 Å². The summed E-state index contributed by atoms with van der Waals surface area (Å²) in [6.07, 6.45) is 1.71. The average Bonchev–Trinajstić information content (AvgIpc) is 3.36. The third-order valence-corrected chi connectivity index (χ3v) is 4.99. The molecule has 0 saturated carbocycles. The van der Waals surface area contributed by atoms with Gasteiger partial charge in [-0.1, -0.05) is 35.0 Å². The molecule has 0 unspecified atom stereocenters. The molecule has 2 aromatic heterocycles. The van der Waals surface area contributed by atoms with Gasteiger partial charge in [0.15, 0.2) is 0 Å². The van der Waals surface area contributed by atoms with Gasteiger partial charge in [-0.25, -0.2) is 9.37 Å². The lowest BCUT2D eigenvalue weighted by Crippen LogP contribution is -2.30. The summed E-state index contributed by atoms with van der Waals surface area (Å²) in [4.78, 5) is 21.3. The minimum Gasteiger partial charge on any atom is -0.348 e. The molecule has 0 aliphatic heterocycles. The topological polar surface area (TPSA) is 85.8 Å². The first kappa shape index (κ1) is 20.5. The quantitative estimate of drug-likeness (QED) is 0.505. The molecule has 1 atom stereocenters. The molecule has 8 heteroatoms. The van der Waals surface area contributed by atoms with Gasteiger partial charge in [0, 0.05) is 11.8 Å². The second-order valence-electron chi connectivity index (χ2n) is 7.43. The van der Waals surface area contributed by atoms with Crippen molar-refractivity contribution in [2.45, 2.75) is 33.4 Å². The number of rotatable bonds is 6. The van der Waals surface area contributed by atoms with E-state index < -0.39 is 0 Å². The van der Waals surface area contributed by atoms with Crippen molar-refractivity contribution in [2.75, 3.05) is 0 Å². The molecule has 31 heavy (non-hydrogen) atoms. The van der Waals surface area contributed by atoms with E-state index >= 15 is 0 Å². The summed E-state index contributed by atoms with van der Waals surface area (Å²) in [5.74, 6) is 0.760. The van der Waals surface area contributed by atoms with E-state index in [4.69, 9.17) is 4.52 Å². The normalized spacial score (nSPS) is 12.0. The maximum absolute atomic E-state index is 13.1. The predicted octanol–water partition coefficient (Wildman–Crippen LogP) is 4.23. The van der Waals surface area contributed by atoms with E-state index in [1.807, 2.05) is 38.1 Å². The van der Waals surface area contributed by atoms with Crippen molar-refractivity contribution in [1.82, 2.24) is 25.0 Å². The fourth-order valence-electron chi connectivity index (χ4n) is 3.19. The third kappa shape index (κ3) is 4.69. The van der Waals surface area contributed by atoms with Gasteiger partial charge in [-0.15, -0.1) is 0 Å². The van der Waals surface area contributed by atoms with E-state index in [1.165, 1.54) is 17.7 Å². The molecule has 0 spiro atoms. The van der Waals surface area contributed by atoms with Crippen LogP contribution in [0.15, 0.2) is 59.3 Å². The van der Waals surface area contributed by atoms with Crippen LogP contribution in [0.25, 0.3) is 23.0 Å². The van der Waals surface area contributed by atoms with Crippen LogP contribution < -0.4 is 5.32 Å². The minimum atomic E-state index is -0.340. The van der Waals surface area contributed by atoms with Crippen LogP contribution in [0, 0.1) is 19.7 Å². The number of benzene rings is 2. The standard InChI is InChI=1S/C23H22FN5O2/c1-14-4-6-17(7-5-14)15(2)25-21(30)13-29-12-20(26-16(29)3)22-27-23(31-28-22)18-8-10-19(24)11-9-18/h4-12,15H,13H2,1-3H3,(H,25,30)/t15-/m0/s1. The Morgan fingerprint density at radius 3 is 2.52 bits per heavy atom. The molecule has 0 saturated heterocycles. The maximum atomic E-state index is 13.1. The Morgan fingerprint density at radius 2 is 1.81 bits per heavy atom. The van der Waals surface area contributed by atoms with Crippen LogP contribution >= 0.6 is 0 Å². The second kappa shape index (κ2) is 8.51. The molecule has 0 fully saturated rings. The first-order valence-corrected chi connectivity index (χ1v) is 9.89. The first-order valence-electron chi connectivity index (χ1n) is 9.89. The number of nitrogens with one attached hydrogen (secondary N) is 1. The van der Waals surface area contributed by atoms with E-state index in [-0.39, 0.29) is 30.2 Å². The van der Waals surface area contributed by atoms with Gasteiger partial charge < -0.3 is 14.4 Å². The molecule has 2 aromatic carbocycles. The van der Waals surface area contributed by atoms with Crippen molar-refractivity contribution in [2.24, 2.45) is 0 Å². The molecule has 1 N–H and O–H groups in total. The summed E-state index contributed by atoms with van der Waals surface area (Å²) in [5, 5.41) is 6.96. The number of hydrogen-bond donors (Lipinski definition) is 1. The Hall–Kier alpha value is -3.81. The number of aromatic nitrogens is 4. The summed E-state index contributed by atoms with van der Waals surface area (Å²) in [5.41, 5.74) is 3.32. The van der Waals surface area contributed by atoms with Crippen molar-refractivity contribution in [1.29, 1.82) is 0 Å². The SMILES string of the molecule is Cc1ccc([C@H](C)NC(=O)Cn2cc(-c3noc(-c4ccc(F)cc4)n3)nc2C)cc1. The Labute approximate surface area is 178 Å². The van der Waals surface area contributed by atoms with Gasteiger partial charge in [0.2, 0.25) is 11.7 Å². The predicted molar refractivity (Wildman–Crippen MR) is 113 cm³/mol. The number of hydrogen-bond acceptors (Lipinski definition) is 5. The molecule has 1 amide bonds. The number of carbonyl (C=O) groups is 1. The fraction of sp³-hybridized carbons (Fsp3) is 0.217. The van der Waals surface area contributed by atoms with Crippen molar-refractivity contribution in [3.05, 3.63) is 77.5 Å². The highest BCUT2D eigenvalue weighted by molar-refractivity contribution is 5.76. The van der Waals surface area contributed by atoms with Gasteiger partial charge in [0.1, 0.15) is 23.9 Å². The Bertz CT molecular complexity index is 1200. The number of imidazole rings is 1. The molecule has 0 bridgehead atoms. The average molecular weight is 419 g/mol. The van der Waals surface area contributed by atoms with Gasteiger partial charge >= 0.3 is 0 Å². The maximum Gasteiger partial charge on any atom is 0.258 e. The van der Waals surface area contributed by atoms with Crippen molar-refractivity contribution in [3.63, 3.8) is 0 Å². The zero-order valence-corrected chi connectivity index (χ0v) is 17.5. The van der Waals surface area contributed by atoms with Gasteiger partial charge in [-0.3, -0.25) is 4.79 Å². The number of halogens is 1.